The number of aromatic nitrogens is 6. The van der Waals surface area contributed by atoms with Crippen LogP contribution in [0.3, 0.4) is 0 Å². The molecule has 6 N–H and O–H groups in total. The van der Waals surface area contributed by atoms with E-state index in [-0.39, 0.29) is 30.3 Å². The lowest BCUT2D eigenvalue weighted by atomic mass is 10.1. The molecule has 5 aromatic rings. The highest BCUT2D eigenvalue weighted by Gasteiger charge is 2.21. The number of anilines is 1. The first-order chi connectivity index (χ1) is 20.1. The Bertz CT molecular complexity index is 1960. The number of carbonyl (C=O) groups excluding carboxylic acids is 3. The number of hydrogen-bond acceptors (Lipinski definition) is 7. The van der Waals surface area contributed by atoms with Crippen LogP contribution in [0.4, 0.5) is 5.95 Å². The van der Waals surface area contributed by atoms with Gasteiger partial charge in [-0.25, -0.2) is 9.78 Å². The minimum atomic E-state index is -0.648. The molecule has 0 saturated heterocycles. The first-order valence-electron chi connectivity index (χ1n) is 13.0. The minimum Gasteiger partial charge on any atom is -0.494 e. The van der Waals surface area contributed by atoms with Crippen molar-refractivity contribution in [2.24, 2.45) is 11.5 Å². The van der Waals surface area contributed by atoms with Gasteiger partial charge in [0, 0.05) is 30.8 Å². The third kappa shape index (κ3) is 5.12. The maximum Gasteiger partial charge on any atom is 0.326 e. The van der Waals surface area contributed by atoms with Gasteiger partial charge in [-0.2, -0.15) is 5.10 Å². The number of allylic oxidation sites excluding steroid dienone is 2. The summed E-state index contributed by atoms with van der Waals surface area (Å²) < 4.78 is 10.4. The average Bonchev–Trinajstić information content (AvgIpc) is 3.61. The summed E-state index contributed by atoms with van der Waals surface area (Å²) in [5.41, 5.74) is 14.1. The van der Waals surface area contributed by atoms with Crippen molar-refractivity contribution in [2.45, 2.75) is 33.5 Å². The van der Waals surface area contributed by atoms with E-state index in [1.54, 1.807) is 40.4 Å². The Kier molecular flexibility index (Phi) is 7.35. The van der Waals surface area contributed by atoms with Crippen LogP contribution in [0.15, 0.2) is 53.3 Å². The Morgan fingerprint density at radius 3 is 2.40 bits per heavy atom. The number of rotatable bonds is 10. The largest absolute Gasteiger partial charge is 0.494 e. The summed E-state index contributed by atoms with van der Waals surface area (Å²) in [6.07, 6.45) is 3.59. The maximum atomic E-state index is 13.3. The molecule has 0 aliphatic carbocycles. The SMILES string of the molecule is CCn1nc(C)cc1C(=O)Nc1nc2cc(C(N)=O)cc(OC)c2n1C/C=C/Cn1c(=O)[nH]c2cc(C(N)=O)ccc21. The van der Waals surface area contributed by atoms with E-state index in [0.717, 1.165) is 0 Å². The molecule has 0 saturated carbocycles. The zero-order valence-corrected chi connectivity index (χ0v) is 23.2. The van der Waals surface area contributed by atoms with Gasteiger partial charge in [0.1, 0.15) is 17.0 Å². The molecule has 14 heteroatoms. The molecule has 216 valence electrons. The van der Waals surface area contributed by atoms with E-state index < -0.39 is 17.7 Å². The average molecular weight is 572 g/mol. The third-order valence-electron chi connectivity index (χ3n) is 6.77. The van der Waals surface area contributed by atoms with Gasteiger partial charge in [-0.05, 0) is 50.2 Å². The second-order valence-corrected chi connectivity index (χ2v) is 9.51. The smallest absolute Gasteiger partial charge is 0.326 e. The topological polar surface area (TPSA) is 198 Å². The second kappa shape index (κ2) is 11.1. The Balaban J connectivity index is 1.50. The van der Waals surface area contributed by atoms with Gasteiger partial charge >= 0.3 is 5.69 Å². The van der Waals surface area contributed by atoms with Crippen molar-refractivity contribution in [3.05, 3.63) is 81.5 Å². The summed E-state index contributed by atoms with van der Waals surface area (Å²) >= 11 is 0. The predicted molar refractivity (Wildman–Crippen MR) is 156 cm³/mol. The lowest BCUT2D eigenvalue weighted by Gasteiger charge is -2.11. The molecule has 3 aromatic heterocycles. The number of nitrogens with zero attached hydrogens (tertiary/aromatic N) is 5. The van der Waals surface area contributed by atoms with Crippen LogP contribution in [0.25, 0.3) is 22.1 Å². The van der Waals surface area contributed by atoms with E-state index in [9.17, 15) is 19.2 Å². The highest BCUT2D eigenvalue weighted by Crippen LogP contribution is 2.31. The first kappa shape index (κ1) is 27.9. The van der Waals surface area contributed by atoms with Gasteiger partial charge in [0.05, 0.1) is 29.4 Å². The fourth-order valence-electron chi connectivity index (χ4n) is 4.79. The van der Waals surface area contributed by atoms with Gasteiger partial charge in [-0.15, -0.1) is 0 Å². The Labute approximate surface area is 238 Å². The van der Waals surface area contributed by atoms with Crippen LogP contribution >= 0.6 is 0 Å². The number of fused-ring (bicyclic) bond motifs is 2. The van der Waals surface area contributed by atoms with Crippen molar-refractivity contribution in [2.75, 3.05) is 12.4 Å². The minimum absolute atomic E-state index is 0.204. The van der Waals surface area contributed by atoms with Crippen LogP contribution in [0.1, 0.15) is 43.8 Å². The molecule has 14 nitrogen and oxygen atoms in total. The fourth-order valence-corrected chi connectivity index (χ4v) is 4.79. The predicted octanol–water partition coefficient (Wildman–Crippen LogP) is 1.92. The number of nitrogens with two attached hydrogens (primary N) is 2. The molecular weight excluding hydrogens is 542 g/mol. The molecule has 5 rings (SSSR count). The number of methoxy groups -OCH3 is 1. The number of nitrogens with one attached hydrogen (secondary N) is 2. The number of benzene rings is 2. The van der Waals surface area contributed by atoms with E-state index in [0.29, 0.717) is 51.3 Å². The molecule has 0 atom stereocenters. The van der Waals surface area contributed by atoms with E-state index >= 15 is 0 Å². The van der Waals surface area contributed by atoms with Gasteiger partial charge in [0.2, 0.25) is 17.8 Å². The van der Waals surface area contributed by atoms with E-state index in [1.165, 1.54) is 29.9 Å². The summed E-state index contributed by atoms with van der Waals surface area (Å²) in [7, 11) is 1.46. The van der Waals surface area contributed by atoms with E-state index in [4.69, 9.17) is 16.2 Å². The van der Waals surface area contributed by atoms with Gasteiger partial charge < -0.3 is 25.8 Å². The number of carbonyl (C=O) groups is 3. The Hall–Kier alpha value is -5.66. The van der Waals surface area contributed by atoms with Crippen LogP contribution in [0.2, 0.25) is 0 Å². The number of amides is 3. The highest BCUT2D eigenvalue weighted by molar-refractivity contribution is 6.04. The zero-order valence-electron chi connectivity index (χ0n) is 23.2. The van der Waals surface area contributed by atoms with Crippen LogP contribution in [0, 0.1) is 6.92 Å². The molecule has 2 aromatic carbocycles. The van der Waals surface area contributed by atoms with E-state index in [2.05, 4.69) is 20.4 Å². The number of primary amides is 2. The molecule has 0 unspecified atom stereocenters. The van der Waals surface area contributed by atoms with Crippen molar-refractivity contribution < 1.29 is 19.1 Å². The summed E-state index contributed by atoms with van der Waals surface area (Å²) in [5.74, 6) is -1.09. The van der Waals surface area contributed by atoms with E-state index in [1.807, 2.05) is 13.0 Å². The third-order valence-corrected chi connectivity index (χ3v) is 6.77. The standard InChI is InChI=1S/C28H29N9O5/c1-4-37-21(11-15(2)34-37)26(40)33-27-31-19-13-17(25(30)39)14-22(42-3)23(19)36(27)10-6-5-9-35-20-8-7-16(24(29)38)12-18(20)32-28(35)41/h5-8,11-14H,4,9-10H2,1-3H3,(H2,29,38)(H2,30,39)(H,32,41)(H,31,33,40)/b6-5+. The summed E-state index contributed by atoms with van der Waals surface area (Å²) in [5, 5.41) is 7.19. The normalized spacial score (nSPS) is 11.5. The van der Waals surface area contributed by atoms with Crippen molar-refractivity contribution in [1.82, 2.24) is 28.9 Å². The fraction of sp³-hybridized carbons (Fsp3) is 0.214. The number of aromatic amines is 1. The molecule has 0 fully saturated rings. The van der Waals surface area contributed by atoms with Crippen molar-refractivity contribution in [3.8, 4) is 5.75 Å². The number of imidazole rings is 2. The van der Waals surface area contributed by atoms with Gasteiger partial charge in [-0.1, -0.05) is 12.2 Å². The van der Waals surface area contributed by atoms with Gasteiger partial charge in [0.25, 0.3) is 5.91 Å². The Morgan fingerprint density at radius 2 is 1.74 bits per heavy atom. The molecular formula is C28H29N9O5. The van der Waals surface area contributed by atoms with Crippen molar-refractivity contribution in [1.29, 1.82) is 0 Å². The molecule has 0 aliphatic rings. The summed E-state index contributed by atoms with van der Waals surface area (Å²) in [6.45, 7) is 4.64. The molecule has 0 bridgehead atoms. The number of aryl methyl sites for hydroxylation is 2. The molecule has 0 aliphatic heterocycles. The number of ether oxygens (including phenoxy) is 1. The lowest BCUT2D eigenvalue weighted by Crippen LogP contribution is -2.20. The molecule has 3 amide bonds. The molecule has 42 heavy (non-hydrogen) atoms. The van der Waals surface area contributed by atoms with Crippen LogP contribution in [0.5, 0.6) is 5.75 Å². The quantitative estimate of drug-likeness (QED) is 0.184. The van der Waals surface area contributed by atoms with Crippen LogP contribution in [-0.2, 0) is 19.6 Å². The van der Waals surface area contributed by atoms with Crippen LogP contribution in [-0.4, -0.2) is 53.7 Å². The molecule has 3 heterocycles. The molecule has 0 spiro atoms. The lowest BCUT2D eigenvalue weighted by molar-refractivity contribution is 0.0992. The number of H-pyrrole nitrogens is 1. The summed E-state index contributed by atoms with van der Waals surface area (Å²) in [4.78, 5) is 56.6. The first-order valence-corrected chi connectivity index (χ1v) is 13.0. The highest BCUT2D eigenvalue weighted by atomic mass is 16.5. The number of hydrogen-bond donors (Lipinski definition) is 4. The monoisotopic (exact) mass is 571 g/mol. The Morgan fingerprint density at radius 1 is 1.02 bits per heavy atom. The van der Waals surface area contributed by atoms with Crippen LogP contribution < -0.4 is 27.2 Å². The summed E-state index contributed by atoms with van der Waals surface area (Å²) in [6, 6.07) is 9.47. The molecule has 0 radical (unpaired) electrons. The second-order valence-electron chi connectivity index (χ2n) is 9.51. The van der Waals surface area contributed by atoms with Crippen molar-refractivity contribution >= 4 is 45.7 Å². The van der Waals surface area contributed by atoms with Gasteiger partial charge in [-0.3, -0.25) is 28.9 Å². The maximum absolute atomic E-state index is 13.3. The zero-order chi connectivity index (χ0) is 30.1. The van der Waals surface area contributed by atoms with Crippen molar-refractivity contribution in [3.63, 3.8) is 0 Å². The van der Waals surface area contributed by atoms with Gasteiger partial charge in [0.15, 0.2) is 0 Å².